The highest BCUT2D eigenvalue weighted by atomic mass is 79.9. The van der Waals surface area contributed by atoms with Crippen LogP contribution in [-0.2, 0) is 0 Å². The van der Waals surface area contributed by atoms with Crippen LogP contribution in [0.5, 0.6) is 0 Å². The topological polar surface area (TPSA) is 45.2 Å². The smallest absolute Gasteiger partial charge is 0.255 e. The minimum Gasteiger partial charge on any atom is -0.338 e. The van der Waals surface area contributed by atoms with E-state index < -0.39 is 0 Å². The zero-order chi connectivity index (χ0) is 11.8. The Morgan fingerprint density at radius 3 is 2.47 bits per heavy atom. The second-order valence-electron chi connectivity index (χ2n) is 4.78. The van der Waals surface area contributed by atoms with Crippen LogP contribution in [0.1, 0.15) is 10.4 Å². The van der Waals surface area contributed by atoms with Gasteiger partial charge in [-0.15, -0.1) is 24.8 Å². The lowest BCUT2D eigenvalue weighted by molar-refractivity contribution is 0.0781. The number of fused-ring (bicyclic) bond motifs is 1. The second-order valence-corrected chi connectivity index (χ2v) is 5.70. The molecule has 3 rings (SSSR count). The third-order valence-corrected chi connectivity index (χ3v) is 4.06. The maximum atomic E-state index is 12.3. The molecule has 3 heterocycles. The highest BCUT2D eigenvalue weighted by molar-refractivity contribution is 9.10. The summed E-state index contributed by atoms with van der Waals surface area (Å²) in [6.45, 7) is 3.85. The van der Waals surface area contributed by atoms with Crippen LogP contribution in [0, 0.1) is 11.8 Å². The highest BCUT2D eigenvalue weighted by Crippen LogP contribution is 2.27. The van der Waals surface area contributed by atoms with Gasteiger partial charge in [0.1, 0.15) is 0 Å². The molecule has 2 atom stereocenters. The summed E-state index contributed by atoms with van der Waals surface area (Å²) in [6, 6.07) is 1.84. The number of halogens is 3. The largest absolute Gasteiger partial charge is 0.338 e. The lowest BCUT2D eigenvalue weighted by atomic mass is 10.0. The van der Waals surface area contributed by atoms with Crippen LogP contribution in [0.15, 0.2) is 22.9 Å². The van der Waals surface area contributed by atoms with Gasteiger partial charge >= 0.3 is 0 Å². The van der Waals surface area contributed by atoms with Crippen molar-refractivity contribution in [1.82, 2.24) is 15.2 Å². The molecule has 1 amide bonds. The lowest BCUT2D eigenvalue weighted by Gasteiger charge is -2.17. The first-order valence-corrected chi connectivity index (χ1v) is 6.64. The minimum absolute atomic E-state index is 0. The number of nitrogens with zero attached hydrogens (tertiary/aromatic N) is 2. The number of carbonyl (C=O) groups is 1. The first kappa shape index (κ1) is 16.7. The van der Waals surface area contributed by atoms with Crippen molar-refractivity contribution in [3.63, 3.8) is 0 Å². The van der Waals surface area contributed by atoms with E-state index in [1.165, 1.54) is 0 Å². The molecule has 1 aromatic rings. The summed E-state index contributed by atoms with van der Waals surface area (Å²) in [7, 11) is 0. The number of rotatable bonds is 1. The number of hydrogen-bond donors (Lipinski definition) is 1. The standard InChI is InChI=1S/C12H14BrN3O.2ClH/c13-11-1-8(2-15-5-11)12(17)16-6-9-3-14-4-10(9)7-16;;/h1-2,5,9-10,14H,3-4,6-7H2;2*1H/t9-,10+;;. The maximum absolute atomic E-state index is 12.3. The summed E-state index contributed by atoms with van der Waals surface area (Å²) < 4.78 is 0.851. The molecule has 0 bridgehead atoms. The molecule has 2 saturated heterocycles. The van der Waals surface area contributed by atoms with Crippen LogP contribution < -0.4 is 5.32 Å². The van der Waals surface area contributed by atoms with Gasteiger partial charge in [-0.25, -0.2) is 0 Å². The summed E-state index contributed by atoms with van der Waals surface area (Å²) in [5.41, 5.74) is 0.673. The molecule has 0 spiro atoms. The maximum Gasteiger partial charge on any atom is 0.255 e. The van der Waals surface area contributed by atoms with Gasteiger partial charge in [0.25, 0.3) is 5.91 Å². The molecule has 7 heteroatoms. The third-order valence-electron chi connectivity index (χ3n) is 3.63. The number of pyridine rings is 1. The van der Waals surface area contributed by atoms with E-state index in [1.54, 1.807) is 12.4 Å². The summed E-state index contributed by atoms with van der Waals surface area (Å²) in [4.78, 5) is 18.3. The molecule has 0 radical (unpaired) electrons. The molecular weight excluding hydrogens is 353 g/mol. The molecule has 0 saturated carbocycles. The van der Waals surface area contributed by atoms with E-state index in [1.807, 2.05) is 11.0 Å². The van der Waals surface area contributed by atoms with Gasteiger partial charge < -0.3 is 10.2 Å². The van der Waals surface area contributed by atoms with Crippen LogP contribution in [0.25, 0.3) is 0 Å². The third kappa shape index (κ3) is 3.40. The predicted octanol–water partition coefficient (Wildman–Crippen LogP) is 1.98. The van der Waals surface area contributed by atoms with E-state index in [4.69, 9.17) is 0 Å². The Morgan fingerprint density at radius 2 is 1.89 bits per heavy atom. The van der Waals surface area contributed by atoms with Gasteiger partial charge in [-0.3, -0.25) is 9.78 Å². The van der Waals surface area contributed by atoms with E-state index in [0.29, 0.717) is 17.4 Å². The van der Waals surface area contributed by atoms with E-state index in [0.717, 1.165) is 30.7 Å². The van der Waals surface area contributed by atoms with E-state index in [9.17, 15) is 4.79 Å². The highest BCUT2D eigenvalue weighted by Gasteiger charge is 2.38. The average molecular weight is 369 g/mol. The van der Waals surface area contributed by atoms with Crippen molar-refractivity contribution < 1.29 is 4.79 Å². The molecule has 2 aliphatic heterocycles. The molecule has 2 fully saturated rings. The van der Waals surface area contributed by atoms with Crippen LogP contribution in [0.2, 0.25) is 0 Å². The second kappa shape index (κ2) is 6.88. The number of nitrogens with one attached hydrogen (secondary N) is 1. The number of hydrogen-bond acceptors (Lipinski definition) is 3. The van der Waals surface area contributed by atoms with E-state index >= 15 is 0 Å². The minimum atomic E-state index is 0. The summed E-state index contributed by atoms with van der Waals surface area (Å²) >= 11 is 3.34. The summed E-state index contributed by atoms with van der Waals surface area (Å²) in [5, 5.41) is 3.37. The molecule has 106 valence electrons. The Labute approximate surface area is 133 Å². The van der Waals surface area contributed by atoms with Crippen molar-refractivity contribution in [2.24, 2.45) is 11.8 Å². The lowest BCUT2D eigenvalue weighted by Crippen LogP contribution is -2.31. The van der Waals surface area contributed by atoms with E-state index in [-0.39, 0.29) is 30.7 Å². The Kier molecular flexibility index (Phi) is 6.05. The van der Waals surface area contributed by atoms with Crippen molar-refractivity contribution in [3.8, 4) is 0 Å². The number of aromatic nitrogens is 1. The Hall–Kier alpha value is -0.360. The number of carbonyl (C=O) groups excluding carboxylic acids is 1. The van der Waals surface area contributed by atoms with Gasteiger partial charge in [-0.1, -0.05) is 0 Å². The summed E-state index contributed by atoms with van der Waals surface area (Å²) in [6.07, 6.45) is 3.33. The van der Waals surface area contributed by atoms with Gasteiger partial charge in [0.15, 0.2) is 0 Å². The Bertz CT molecular complexity index is 448. The van der Waals surface area contributed by atoms with Crippen molar-refractivity contribution in [1.29, 1.82) is 0 Å². The van der Waals surface area contributed by atoms with Crippen molar-refractivity contribution in [2.45, 2.75) is 0 Å². The molecular formula is C12H16BrCl2N3O. The fraction of sp³-hybridized carbons (Fsp3) is 0.500. The SMILES string of the molecule is Cl.Cl.O=C(c1cncc(Br)c1)N1C[C@H]2CNC[C@H]2C1. The van der Waals surface area contributed by atoms with Crippen molar-refractivity contribution in [2.75, 3.05) is 26.2 Å². The van der Waals surface area contributed by atoms with Gasteiger partial charge in [0, 0.05) is 43.0 Å². The zero-order valence-corrected chi connectivity index (χ0v) is 13.4. The quantitative estimate of drug-likeness (QED) is 0.824. The fourth-order valence-corrected chi connectivity index (χ4v) is 3.10. The molecule has 2 aliphatic rings. The molecule has 0 aliphatic carbocycles. The van der Waals surface area contributed by atoms with Crippen LogP contribution in [-0.4, -0.2) is 42.0 Å². The molecule has 4 nitrogen and oxygen atoms in total. The van der Waals surface area contributed by atoms with Gasteiger partial charge in [-0.05, 0) is 33.8 Å². The van der Waals surface area contributed by atoms with Gasteiger partial charge in [-0.2, -0.15) is 0 Å². The fourth-order valence-electron chi connectivity index (χ4n) is 2.73. The molecule has 1 aromatic heterocycles. The predicted molar refractivity (Wildman–Crippen MR) is 82.2 cm³/mol. The first-order valence-electron chi connectivity index (χ1n) is 5.84. The van der Waals surface area contributed by atoms with E-state index in [2.05, 4.69) is 26.2 Å². The monoisotopic (exact) mass is 367 g/mol. The van der Waals surface area contributed by atoms with Crippen LogP contribution in [0.4, 0.5) is 0 Å². The average Bonchev–Trinajstić information content (AvgIpc) is 2.88. The molecule has 0 unspecified atom stereocenters. The van der Waals surface area contributed by atoms with Crippen LogP contribution >= 0.6 is 40.7 Å². The Balaban J connectivity index is 0.000000902. The zero-order valence-electron chi connectivity index (χ0n) is 10.2. The van der Waals surface area contributed by atoms with Gasteiger partial charge in [0.2, 0.25) is 0 Å². The van der Waals surface area contributed by atoms with Crippen molar-refractivity contribution >= 4 is 46.7 Å². The van der Waals surface area contributed by atoms with Gasteiger partial charge in [0.05, 0.1) is 5.56 Å². The normalized spacial score (nSPS) is 24.4. The Morgan fingerprint density at radius 1 is 1.26 bits per heavy atom. The number of amides is 1. The van der Waals surface area contributed by atoms with Crippen LogP contribution in [0.3, 0.4) is 0 Å². The molecule has 0 aromatic carbocycles. The molecule has 1 N–H and O–H groups in total. The van der Waals surface area contributed by atoms with Crippen molar-refractivity contribution in [3.05, 3.63) is 28.5 Å². The number of likely N-dealkylation sites (tertiary alicyclic amines) is 1. The summed E-state index contributed by atoms with van der Waals surface area (Å²) in [5.74, 6) is 1.38. The first-order chi connectivity index (χ1) is 8.24. The molecule has 19 heavy (non-hydrogen) atoms.